The molecule has 0 unspecified atom stereocenters. The van der Waals surface area contributed by atoms with Gasteiger partial charge in [-0.05, 0) is 42.9 Å². The molecule has 0 aliphatic carbocycles. The number of carbonyl (C=O) groups excluding carboxylic acids is 1. The van der Waals surface area contributed by atoms with Gasteiger partial charge in [-0.1, -0.05) is 54.6 Å². The van der Waals surface area contributed by atoms with Crippen LogP contribution in [-0.2, 0) is 4.79 Å². The summed E-state index contributed by atoms with van der Waals surface area (Å²) >= 11 is 4.65. The van der Waals surface area contributed by atoms with Gasteiger partial charge in [0.25, 0.3) is 0 Å². The van der Waals surface area contributed by atoms with E-state index in [2.05, 4.69) is 39.5 Å². The molecule has 140 valence electrons. The van der Waals surface area contributed by atoms with Gasteiger partial charge in [0.1, 0.15) is 0 Å². The molecule has 0 spiro atoms. The summed E-state index contributed by atoms with van der Waals surface area (Å²) in [6.45, 7) is 4.34. The van der Waals surface area contributed by atoms with Gasteiger partial charge in [0, 0.05) is 24.5 Å². The quantitative estimate of drug-likeness (QED) is 0.667. The summed E-state index contributed by atoms with van der Waals surface area (Å²) in [6, 6.07) is 8.19. The average molecular weight is 409 g/mol. The molecule has 5 nitrogen and oxygen atoms in total. The minimum absolute atomic E-state index is 0.0163. The first kappa shape index (κ1) is 19.5. The minimum Gasteiger partial charge on any atom is -0.372 e. The lowest BCUT2D eigenvalue weighted by molar-refractivity contribution is -0.113. The number of benzene rings is 1. The van der Waals surface area contributed by atoms with Crippen LogP contribution in [0.25, 0.3) is 0 Å². The van der Waals surface area contributed by atoms with Crippen LogP contribution in [0.1, 0.15) is 32.6 Å². The predicted octanol–water partition coefficient (Wildman–Crippen LogP) is 4.76. The number of hydrogen-bond donors (Lipinski definition) is 1. The van der Waals surface area contributed by atoms with Crippen molar-refractivity contribution in [1.82, 2.24) is 10.2 Å². The van der Waals surface area contributed by atoms with E-state index in [1.54, 1.807) is 23.1 Å². The van der Waals surface area contributed by atoms with Crippen LogP contribution >= 0.6 is 34.9 Å². The summed E-state index contributed by atoms with van der Waals surface area (Å²) in [5.74, 6) is 1.31. The Labute approximate surface area is 167 Å². The summed E-state index contributed by atoms with van der Waals surface area (Å²) < 4.78 is 1.80. The molecule has 1 fully saturated rings. The molecule has 0 bridgehead atoms. The van der Waals surface area contributed by atoms with Gasteiger partial charge in [0.15, 0.2) is 8.68 Å². The summed E-state index contributed by atoms with van der Waals surface area (Å²) in [6.07, 6.45) is 5.19. The van der Waals surface area contributed by atoms with Gasteiger partial charge in [-0.25, -0.2) is 0 Å². The van der Waals surface area contributed by atoms with Crippen molar-refractivity contribution in [2.45, 2.75) is 41.3 Å². The molecule has 1 aliphatic heterocycles. The van der Waals surface area contributed by atoms with Crippen LogP contribution in [0.2, 0.25) is 0 Å². The summed E-state index contributed by atoms with van der Waals surface area (Å²) in [5.41, 5.74) is 2.09. The van der Waals surface area contributed by atoms with Crippen LogP contribution in [0.4, 0.5) is 11.4 Å². The first-order valence-corrected chi connectivity index (χ1v) is 11.8. The number of thioether (sulfide) groups is 2. The van der Waals surface area contributed by atoms with Gasteiger partial charge >= 0.3 is 0 Å². The van der Waals surface area contributed by atoms with Crippen LogP contribution in [-0.4, -0.2) is 40.7 Å². The molecular formula is C18H24N4OS3. The molecule has 1 N–H and O–H groups in total. The molecule has 1 aliphatic rings. The highest BCUT2D eigenvalue weighted by atomic mass is 32.2. The van der Waals surface area contributed by atoms with E-state index < -0.39 is 0 Å². The van der Waals surface area contributed by atoms with E-state index in [1.807, 2.05) is 12.1 Å². The Hall–Kier alpha value is -1.25. The Bertz CT molecular complexity index is 697. The lowest BCUT2D eigenvalue weighted by atomic mass is 10.2. The van der Waals surface area contributed by atoms with E-state index in [1.165, 1.54) is 43.1 Å². The summed E-state index contributed by atoms with van der Waals surface area (Å²) in [5, 5.41) is 11.2. The summed E-state index contributed by atoms with van der Waals surface area (Å²) in [4.78, 5) is 14.6. The van der Waals surface area contributed by atoms with E-state index in [0.29, 0.717) is 5.75 Å². The molecule has 26 heavy (non-hydrogen) atoms. The summed E-state index contributed by atoms with van der Waals surface area (Å²) in [7, 11) is 0. The van der Waals surface area contributed by atoms with Gasteiger partial charge < -0.3 is 10.2 Å². The topological polar surface area (TPSA) is 58.1 Å². The molecule has 1 aromatic carbocycles. The fourth-order valence-corrected chi connectivity index (χ4v) is 5.56. The van der Waals surface area contributed by atoms with E-state index in [4.69, 9.17) is 0 Å². The number of carbonyl (C=O) groups is 1. The third kappa shape index (κ3) is 5.89. The maximum absolute atomic E-state index is 12.2. The third-order valence-electron chi connectivity index (χ3n) is 4.10. The minimum atomic E-state index is -0.0163. The van der Waals surface area contributed by atoms with Gasteiger partial charge in [-0.2, -0.15) is 0 Å². The number of hydrogen-bond acceptors (Lipinski definition) is 7. The molecule has 8 heteroatoms. The highest BCUT2D eigenvalue weighted by molar-refractivity contribution is 8.03. The lowest BCUT2D eigenvalue weighted by Crippen LogP contribution is -2.23. The molecule has 2 heterocycles. The van der Waals surface area contributed by atoms with Crippen molar-refractivity contribution in [2.75, 3.05) is 34.8 Å². The maximum Gasteiger partial charge on any atom is 0.234 e. The molecule has 3 rings (SSSR count). The molecule has 2 aromatic rings. The first-order valence-electron chi connectivity index (χ1n) is 8.98. The standard InChI is InChI=1S/C18H24N4OS3/c1-2-24-17-20-21-18(26-17)25-13-16(23)19-14-7-9-15(10-8-14)22-11-5-3-4-6-12-22/h7-10H,2-6,11-13H2,1H3,(H,19,23). The molecular weight excluding hydrogens is 384 g/mol. The van der Waals surface area contributed by atoms with Crippen molar-refractivity contribution in [3.05, 3.63) is 24.3 Å². The van der Waals surface area contributed by atoms with Crippen LogP contribution in [0, 0.1) is 0 Å². The van der Waals surface area contributed by atoms with E-state index in [-0.39, 0.29) is 5.91 Å². The Balaban J connectivity index is 1.47. The molecule has 0 atom stereocenters. The SMILES string of the molecule is CCSc1nnc(SCC(=O)Nc2ccc(N3CCCCCC3)cc2)s1. The highest BCUT2D eigenvalue weighted by Crippen LogP contribution is 2.28. The Morgan fingerprint density at radius 1 is 1.08 bits per heavy atom. The van der Waals surface area contributed by atoms with Crippen molar-refractivity contribution in [3.8, 4) is 0 Å². The zero-order valence-electron chi connectivity index (χ0n) is 14.9. The second kappa shape index (κ2) is 10.2. The van der Waals surface area contributed by atoms with E-state index >= 15 is 0 Å². The van der Waals surface area contributed by atoms with Crippen LogP contribution in [0.15, 0.2) is 32.9 Å². The smallest absolute Gasteiger partial charge is 0.234 e. The second-order valence-electron chi connectivity index (χ2n) is 6.05. The Morgan fingerprint density at radius 3 is 2.38 bits per heavy atom. The van der Waals surface area contributed by atoms with Gasteiger partial charge in [0.05, 0.1) is 5.75 Å². The predicted molar refractivity (Wildman–Crippen MR) is 113 cm³/mol. The number of nitrogens with one attached hydrogen (secondary N) is 1. The molecule has 1 amide bonds. The van der Waals surface area contributed by atoms with Crippen LogP contribution in [0.5, 0.6) is 0 Å². The van der Waals surface area contributed by atoms with Crippen molar-refractivity contribution in [1.29, 1.82) is 0 Å². The molecule has 1 aromatic heterocycles. The first-order chi connectivity index (χ1) is 12.7. The Kier molecular flexibility index (Phi) is 7.64. The molecule has 1 saturated heterocycles. The van der Waals surface area contributed by atoms with Crippen molar-refractivity contribution >= 4 is 52.1 Å². The number of anilines is 2. The van der Waals surface area contributed by atoms with Crippen LogP contribution < -0.4 is 10.2 Å². The fourth-order valence-electron chi connectivity index (χ4n) is 2.85. The molecule has 0 saturated carbocycles. The number of amides is 1. The fraction of sp³-hybridized carbons (Fsp3) is 0.500. The van der Waals surface area contributed by atoms with Crippen molar-refractivity contribution < 1.29 is 4.79 Å². The lowest BCUT2D eigenvalue weighted by Gasteiger charge is -2.22. The largest absolute Gasteiger partial charge is 0.372 e. The zero-order valence-corrected chi connectivity index (χ0v) is 17.4. The zero-order chi connectivity index (χ0) is 18.2. The van der Waals surface area contributed by atoms with Gasteiger partial charge in [0.2, 0.25) is 5.91 Å². The Morgan fingerprint density at radius 2 is 1.73 bits per heavy atom. The molecule has 0 radical (unpaired) electrons. The average Bonchev–Trinajstić information content (AvgIpc) is 2.92. The monoisotopic (exact) mass is 408 g/mol. The van der Waals surface area contributed by atoms with Crippen molar-refractivity contribution in [3.63, 3.8) is 0 Å². The van der Waals surface area contributed by atoms with E-state index in [0.717, 1.165) is 33.2 Å². The number of rotatable bonds is 7. The third-order valence-corrected chi connectivity index (χ3v) is 7.18. The van der Waals surface area contributed by atoms with Gasteiger partial charge in [-0.3, -0.25) is 4.79 Å². The second-order valence-corrected chi connectivity index (χ2v) is 9.76. The number of aromatic nitrogens is 2. The maximum atomic E-state index is 12.2. The normalized spacial score (nSPS) is 14.9. The van der Waals surface area contributed by atoms with Gasteiger partial charge in [-0.15, -0.1) is 10.2 Å². The number of nitrogens with zero attached hydrogens (tertiary/aromatic N) is 3. The van der Waals surface area contributed by atoms with E-state index in [9.17, 15) is 4.79 Å². The highest BCUT2D eigenvalue weighted by Gasteiger charge is 2.11. The van der Waals surface area contributed by atoms with Crippen molar-refractivity contribution in [2.24, 2.45) is 0 Å². The van der Waals surface area contributed by atoms with Crippen LogP contribution in [0.3, 0.4) is 0 Å².